The predicted molar refractivity (Wildman–Crippen MR) is 72.8 cm³/mol. The number of allylic oxidation sites excluding steroid dienone is 3. The number of hydrogen-bond donors (Lipinski definition) is 0. The SMILES string of the molecule is C=C(C)/C=C(\N=C(C)CC(C)CC)C1CC1. The van der Waals surface area contributed by atoms with Gasteiger partial charge in [0.05, 0.1) is 0 Å². The van der Waals surface area contributed by atoms with E-state index in [9.17, 15) is 0 Å². The maximum absolute atomic E-state index is 4.78. The predicted octanol–water partition coefficient (Wildman–Crippen LogP) is 4.75. The van der Waals surface area contributed by atoms with E-state index >= 15 is 0 Å². The average molecular weight is 219 g/mol. The Morgan fingerprint density at radius 1 is 1.44 bits per heavy atom. The van der Waals surface area contributed by atoms with E-state index in [0.29, 0.717) is 5.92 Å². The summed E-state index contributed by atoms with van der Waals surface area (Å²) in [6.45, 7) is 12.7. The lowest BCUT2D eigenvalue weighted by Crippen LogP contribution is -2.01. The third-order valence-electron chi connectivity index (χ3n) is 3.05. The largest absolute Gasteiger partial charge is 0.262 e. The Balaban J connectivity index is 2.65. The fraction of sp³-hybridized carbons (Fsp3) is 0.667. The number of hydrogen-bond acceptors (Lipinski definition) is 1. The topological polar surface area (TPSA) is 12.4 Å². The normalized spacial score (nSPS) is 19.8. The van der Waals surface area contributed by atoms with Crippen molar-refractivity contribution < 1.29 is 0 Å². The number of rotatable bonds is 6. The van der Waals surface area contributed by atoms with Gasteiger partial charge in [-0.2, -0.15) is 0 Å². The number of aliphatic imine (C=N–C) groups is 1. The zero-order chi connectivity index (χ0) is 12.1. The van der Waals surface area contributed by atoms with Crippen LogP contribution in [0.1, 0.15) is 53.4 Å². The first-order valence-corrected chi connectivity index (χ1v) is 6.44. The second-order valence-electron chi connectivity index (χ2n) is 5.25. The highest BCUT2D eigenvalue weighted by Gasteiger charge is 2.25. The number of nitrogens with zero attached hydrogens (tertiary/aromatic N) is 1. The van der Waals surface area contributed by atoms with Crippen molar-refractivity contribution in [1.82, 2.24) is 0 Å². The Morgan fingerprint density at radius 3 is 2.50 bits per heavy atom. The molecule has 90 valence electrons. The van der Waals surface area contributed by atoms with E-state index in [4.69, 9.17) is 4.99 Å². The second-order valence-corrected chi connectivity index (χ2v) is 5.25. The van der Waals surface area contributed by atoms with Gasteiger partial charge < -0.3 is 0 Å². The van der Waals surface area contributed by atoms with Crippen LogP contribution in [0.4, 0.5) is 0 Å². The summed E-state index contributed by atoms with van der Waals surface area (Å²) >= 11 is 0. The van der Waals surface area contributed by atoms with Crippen LogP contribution in [0.2, 0.25) is 0 Å². The van der Waals surface area contributed by atoms with Crippen LogP contribution in [0.3, 0.4) is 0 Å². The van der Waals surface area contributed by atoms with Gasteiger partial charge in [-0.3, -0.25) is 4.99 Å². The van der Waals surface area contributed by atoms with Crippen molar-refractivity contribution >= 4 is 5.71 Å². The van der Waals surface area contributed by atoms with E-state index in [0.717, 1.165) is 17.9 Å². The molecule has 1 saturated carbocycles. The van der Waals surface area contributed by atoms with Gasteiger partial charge in [0.2, 0.25) is 0 Å². The van der Waals surface area contributed by atoms with Crippen LogP contribution in [-0.2, 0) is 0 Å². The summed E-state index contributed by atoms with van der Waals surface area (Å²) in [4.78, 5) is 4.78. The minimum Gasteiger partial charge on any atom is -0.262 e. The van der Waals surface area contributed by atoms with Crippen LogP contribution in [0.25, 0.3) is 0 Å². The highest BCUT2D eigenvalue weighted by Crippen LogP contribution is 2.37. The molecule has 1 atom stereocenters. The Labute approximate surface area is 100 Å². The fourth-order valence-electron chi connectivity index (χ4n) is 1.79. The van der Waals surface area contributed by atoms with Gasteiger partial charge >= 0.3 is 0 Å². The molecule has 1 fully saturated rings. The molecule has 1 aliphatic rings. The molecular formula is C15H25N. The van der Waals surface area contributed by atoms with Crippen molar-refractivity contribution in [3.8, 4) is 0 Å². The fourth-order valence-corrected chi connectivity index (χ4v) is 1.79. The quantitative estimate of drug-likeness (QED) is 0.451. The Bertz CT molecular complexity index is 305. The molecule has 0 bridgehead atoms. The molecule has 0 aromatic heterocycles. The lowest BCUT2D eigenvalue weighted by Gasteiger charge is -2.08. The summed E-state index contributed by atoms with van der Waals surface area (Å²) in [7, 11) is 0. The van der Waals surface area contributed by atoms with Gasteiger partial charge in [0.15, 0.2) is 0 Å². The highest BCUT2D eigenvalue weighted by atomic mass is 14.8. The van der Waals surface area contributed by atoms with Crippen LogP contribution in [0.5, 0.6) is 0 Å². The van der Waals surface area contributed by atoms with Crippen LogP contribution < -0.4 is 0 Å². The third-order valence-corrected chi connectivity index (χ3v) is 3.05. The lowest BCUT2D eigenvalue weighted by molar-refractivity contribution is 0.585. The minimum absolute atomic E-state index is 0.712. The van der Waals surface area contributed by atoms with Crippen molar-refractivity contribution in [2.45, 2.75) is 53.4 Å². The van der Waals surface area contributed by atoms with Gasteiger partial charge in [0, 0.05) is 17.3 Å². The molecule has 0 radical (unpaired) electrons. The van der Waals surface area contributed by atoms with Gasteiger partial charge in [-0.15, -0.1) is 0 Å². The van der Waals surface area contributed by atoms with Crippen LogP contribution in [0, 0.1) is 11.8 Å². The van der Waals surface area contributed by atoms with E-state index < -0.39 is 0 Å². The zero-order valence-electron chi connectivity index (χ0n) is 11.2. The third kappa shape index (κ3) is 4.78. The van der Waals surface area contributed by atoms with Gasteiger partial charge in [-0.05, 0) is 45.1 Å². The molecule has 0 spiro atoms. The van der Waals surface area contributed by atoms with Crippen molar-refractivity contribution in [2.24, 2.45) is 16.8 Å². The molecule has 0 aromatic carbocycles. The van der Waals surface area contributed by atoms with Crippen LogP contribution in [-0.4, -0.2) is 5.71 Å². The van der Waals surface area contributed by atoms with Crippen LogP contribution in [0.15, 0.2) is 28.9 Å². The molecular weight excluding hydrogens is 194 g/mol. The summed E-state index contributed by atoms with van der Waals surface area (Å²) in [5, 5.41) is 0. The summed E-state index contributed by atoms with van der Waals surface area (Å²) in [5.74, 6) is 1.46. The molecule has 1 heteroatoms. The van der Waals surface area contributed by atoms with E-state index in [-0.39, 0.29) is 0 Å². The summed E-state index contributed by atoms with van der Waals surface area (Å²) in [5.41, 5.74) is 3.64. The van der Waals surface area contributed by atoms with Gasteiger partial charge in [-0.1, -0.05) is 32.4 Å². The first-order chi connectivity index (χ1) is 7.52. The molecule has 0 N–H and O–H groups in total. The van der Waals surface area contributed by atoms with Crippen molar-refractivity contribution in [3.63, 3.8) is 0 Å². The van der Waals surface area contributed by atoms with E-state index in [2.05, 4.69) is 33.4 Å². The van der Waals surface area contributed by atoms with Crippen molar-refractivity contribution in [2.75, 3.05) is 0 Å². The molecule has 1 aliphatic carbocycles. The molecule has 0 saturated heterocycles. The first-order valence-electron chi connectivity index (χ1n) is 6.44. The molecule has 1 rings (SSSR count). The lowest BCUT2D eigenvalue weighted by atomic mass is 10.0. The van der Waals surface area contributed by atoms with Gasteiger partial charge in [-0.25, -0.2) is 0 Å². The zero-order valence-corrected chi connectivity index (χ0v) is 11.2. The van der Waals surface area contributed by atoms with E-state index in [1.54, 1.807) is 0 Å². The average Bonchev–Trinajstić information content (AvgIpc) is 2.98. The Hall–Kier alpha value is -0.850. The second kappa shape index (κ2) is 6.03. The summed E-state index contributed by atoms with van der Waals surface area (Å²) < 4.78 is 0. The monoisotopic (exact) mass is 219 g/mol. The molecule has 0 aromatic rings. The van der Waals surface area contributed by atoms with Gasteiger partial charge in [0.25, 0.3) is 0 Å². The molecule has 1 unspecified atom stereocenters. The molecule has 0 heterocycles. The molecule has 1 nitrogen and oxygen atoms in total. The first kappa shape index (κ1) is 13.2. The highest BCUT2D eigenvalue weighted by molar-refractivity contribution is 5.83. The maximum atomic E-state index is 4.78. The standard InChI is InChI=1S/C15H25N/c1-6-12(4)10-13(5)16-15(9-11(2)3)14-7-8-14/h9,12,14H,2,6-8,10H2,1,3-5H3/b15-9-,16-13?. The Kier molecular flexibility index (Phi) is 4.98. The molecule has 16 heavy (non-hydrogen) atoms. The van der Waals surface area contributed by atoms with Crippen molar-refractivity contribution in [3.05, 3.63) is 23.9 Å². The van der Waals surface area contributed by atoms with Crippen molar-refractivity contribution in [1.29, 1.82) is 0 Å². The minimum atomic E-state index is 0.712. The van der Waals surface area contributed by atoms with E-state index in [1.807, 2.05) is 6.92 Å². The maximum Gasteiger partial charge on any atom is 0.0436 e. The smallest absolute Gasteiger partial charge is 0.0436 e. The summed E-state index contributed by atoms with van der Waals surface area (Å²) in [6, 6.07) is 0. The summed E-state index contributed by atoms with van der Waals surface area (Å²) in [6.07, 6.45) is 7.11. The van der Waals surface area contributed by atoms with E-state index in [1.165, 1.54) is 30.7 Å². The Morgan fingerprint density at radius 2 is 2.06 bits per heavy atom. The molecule has 0 amide bonds. The van der Waals surface area contributed by atoms with Crippen LogP contribution >= 0.6 is 0 Å². The molecule has 0 aliphatic heterocycles. The van der Waals surface area contributed by atoms with Gasteiger partial charge in [0.1, 0.15) is 0 Å².